The van der Waals surface area contributed by atoms with Crippen molar-refractivity contribution in [2.24, 2.45) is 5.92 Å². The number of aromatic nitrogens is 1. The summed E-state index contributed by atoms with van der Waals surface area (Å²) >= 11 is 0. The fourth-order valence-electron chi connectivity index (χ4n) is 2.40. The molecule has 104 valence electrons. The first-order valence-corrected chi connectivity index (χ1v) is 6.98. The Morgan fingerprint density at radius 1 is 1.47 bits per heavy atom. The molecule has 1 aromatic heterocycles. The molecule has 1 fully saturated rings. The van der Waals surface area contributed by atoms with E-state index in [1.807, 2.05) is 12.3 Å². The molecule has 1 amide bonds. The van der Waals surface area contributed by atoms with Crippen molar-refractivity contribution < 1.29 is 4.79 Å². The lowest BCUT2D eigenvalue weighted by atomic mass is 9.85. The van der Waals surface area contributed by atoms with E-state index in [9.17, 15) is 4.79 Å². The lowest BCUT2D eigenvalue weighted by Crippen LogP contribution is -2.42. The summed E-state index contributed by atoms with van der Waals surface area (Å²) in [5, 5.41) is 6.38. The van der Waals surface area contributed by atoms with E-state index < -0.39 is 0 Å². The van der Waals surface area contributed by atoms with Gasteiger partial charge in [0.25, 0.3) is 0 Å². The molecule has 0 radical (unpaired) electrons. The Labute approximate surface area is 115 Å². The molecule has 0 unspecified atom stereocenters. The Morgan fingerprint density at radius 2 is 2.21 bits per heavy atom. The van der Waals surface area contributed by atoms with Crippen LogP contribution in [0.15, 0.2) is 24.5 Å². The van der Waals surface area contributed by atoms with E-state index in [-0.39, 0.29) is 17.2 Å². The van der Waals surface area contributed by atoms with E-state index in [1.54, 1.807) is 6.20 Å². The molecular weight excluding hydrogens is 238 g/mol. The highest BCUT2D eigenvalue weighted by molar-refractivity contribution is 5.78. The molecule has 4 nitrogen and oxygen atoms in total. The number of pyridine rings is 1. The molecule has 4 heteroatoms. The minimum atomic E-state index is -0.0865. The van der Waals surface area contributed by atoms with Crippen LogP contribution in [0.25, 0.3) is 0 Å². The molecule has 1 aliphatic heterocycles. The maximum Gasteiger partial charge on any atom is 0.223 e. The number of nitrogens with one attached hydrogen (secondary N) is 2. The number of nitrogens with zero attached hydrogens (tertiary/aromatic N) is 1. The predicted molar refractivity (Wildman–Crippen MR) is 75.9 cm³/mol. The van der Waals surface area contributed by atoms with E-state index in [1.165, 1.54) is 0 Å². The van der Waals surface area contributed by atoms with Crippen molar-refractivity contribution in [3.63, 3.8) is 0 Å². The van der Waals surface area contributed by atoms with Gasteiger partial charge in [-0.25, -0.2) is 0 Å². The fourth-order valence-corrected chi connectivity index (χ4v) is 2.40. The Morgan fingerprint density at radius 3 is 2.84 bits per heavy atom. The standard InChI is InChI=1S/C15H23N3O/c1-15(2,13-4-3-7-17-10-13)11-18-14(19)12-5-8-16-9-6-12/h3-4,7,10,12,16H,5-6,8-9,11H2,1-2H3,(H,18,19). The minimum Gasteiger partial charge on any atom is -0.355 e. The van der Waals surface area contributed by atoms with Gasteiger partial charge >= 0.3 is 0 Å². The molecule has 0 spiro atoms. The number of hydrogen-bond donors (Lipinski definition) is 2. The van der Waals surface area contributed by atoms with E-state index in [4.69, 9.17) is 0 Å². The largest absolute Gasteiger partial charge is 0.355 e. The first-order chi connectivity index (χ1) is 9.09. The van der Waals surface area contributed by atoms with Gasteiger partial charge in [0.1, 0.15) is 0 Å². The average molecular weight is 261 g/mol. The molecule has 2 N–H and O–H groups in total. The zero-order valence-electron chi connectivity index (χ0n) is 11.8. The van der Waals surface area contributed by atoms with Gasteiger partial charge in [-0.3, -0.25) is 9.78 Å². The maximum atomic E-state index is 12.1. The molecule has 2 heterocycles. The highest BCUT2D eigenvalue weighted by Crippen LogP contribution is 2.21. The Bertz CT molecular complexity index is 411. The summed E-state index contributed by atoms with van der Waals surface area (Å²) in [5.74, 6) is 0.365. The maximum absolute atomic E-state index is 12.1. The quantitative estimate of drug-likeness (QED) is 0.863. The lowest BCUT2D eigenvalue weighted by molar-refractivity contribution is -0.125. The van der Waals surface area contributed by atoms with Crippen LogP contribution in [0.1, 0.15) is 32.3 Å². The molecule has 0 saturated carbocycles. The van der Waals surface area contributed by atoms with Crippen molar-refractivity contribution in [1.29, 1.82) is 0 Å². The minimum absolute atomic E-state index is 0.0865. The Balaban J connectivity index is 1.88. The van der Waals surface area contributed by atoms with E-state index >= 15 is 0 Å². The number of amides is 1. The summed E-state index contributed by atoms with van der Waals surface area (Å²) in [5.41, 5.74) is 1.07. The van der Waals surface area contributed by atoms with Gasteiger partial charge in [-0.05, 0) is 37.6 Å². The molecule has 0 aliphatic carbocycles. The average Bonchev–Trinajstić information content (AvgIpc) is 2.47. The van der Waals surface area contributed by atoms with Crippen molar-refractivity contribution in [2.45, 2.75) is 32.1 Å². The van der Waals surface area contributed by atoms with Gasteiger partial charge in [0.05, 0.1) is 0 Å². The smallest absolute Gasteiger partial charge is 0.223 e. The second-order valence-electron chi connectivity index (χ2n) is 5.87. The van der Waals surface area contributed by atoms with Crippen molar-refractivity contribution in [3.05, 3.63) is 30.1 Å². The molecule has 0 aromatic carbocycles. The summed E-state index contributed by atoms with van der Waals surface area (Å²) in [6.07, 6.45) is 5.53. The molecule has 1 saturated heterocycles. The third-order valence-electron chi connectivity index (χ3n) is 3.86. The van der Waals surface area contributed by atoms with Crippen LogP contribution in [0.5, 0.6) is 0 Å². The van der Waals surface area contributed by atoms with Crippen LogP contribution >= 0.6 is 0 Å². The highest BCUT2D eigenvalue weighted by Gasteiger charge is 2.25. The van der Waals surface area contributed by atoms with Gasteiger partial charge in [-0.2, -0.15) is 0 Å². The third kappa shape index (κ3) is 3.77. The first-order valence-electron chi connectivity index (χ1n) is 6.98. The van der Waals surface area contributed by atoms with Crippen LogP contribution in [0, 0.1) is 5.92 Å². The zero-order chi connectivity index (χ0) is 13.7. The number of carbonyl (C=O) groups excluding carboxylic acids is 1. The summed E-state index contributed by atoms with van der Waals surface area (Å²) in [4.78, 5) is 16.3. The van der Waals surface area contributed by atoms with Crippen LogP contribution in [0.3, 0.4) is 0 Å². The van der Waals surface area contributed by atoms with Crippen LogP contribution in [-0.2, 0) is 10.2 Å². The Kier molecular flexibility index (Phi) is 4.53. The molecule has 0 atom stereocenters. The number of rotatable bonds is 4. The zero-order valence-corrected chi connectivity index (χ0v) is 11.8. The van der Waals surface area contributed by atoms with Gasteiger partial charge in [0, 0.05) is 30.3 Å². The number of hydrogen-bond acceptors (Lipinski definition) is 3. The van der Waals surface area contributed by atoms with E-state index in [0.29, 0.717) is 6.54 Å². The summed E-state index contributed by atoms with van der Waals surface area (Å²) in [7, 11) is 0. The van der Waals surface area contributed by atoms with Crippen molar-refractivity contribution in [1.82, 2.24) is 15.6 Å². The Hall–Kier alpha value is -1.42. The molecule has 1 aromatic rings. The summed E-state index contributed by atoms with van der Waals surface area (Å²) < 4.78 is 0. The lowest BCUT2D eigenvalue weighted by Gasteiger charge is -2.27. The molecule has 19 heavy (non-hydrogen) atoms. The van der Waals surface area contributed by atoms with Gasteiger partial charge in [0.2, 0.25) is 5.91 Å². The molecule has 2 rings (SSSR count). The van der Waals surface area contributed by atoms with Gasteiger partial charge in [-0.15, -0.1) is 0 Å². The van der Waals surface area contributed by atoms with Gasteiger partial charge in [0.15, 0.2) is 0 Å². The first kappa shape index (κ1) is 14.0. The van der Waals surface area contributed by atoms with Crippen LogP contribution in [0.2, 0.25) is 0 Å². The predicted octanol–water partition coefficient (Wildman–Crippen LogP) is 1.47. The van der Waals surface area contributed by atoms with Gasteiger partial charge in [-0.1, -0.05) is 19.9 Å². The molecular formula is C15H23N3O. The fraction of sp³-hybridized carbons (Fsp3) is 0.600. The molecule has 0 bridgehead atoms. The summed E-state index contributed by atoms with van der Waals surface area (Å²) in [6, 6.07) is 4.00. The van der Waals surface area contributed by atoms with E-state index in [0.717, 1.165) is 31.5 Å². The second-order valence-corrected chi connectivity index (χ2v) is 5.87. The normalized spacial score (nSPS) is 17.2. The second kappa shape index (κ2) is 6.15. The molecule has 1 aliphatic rings. The SMILES string of the molecule is CC(C)(CNC(=O)C1CCNCC1)c1cccnc1. The van der Waals surface area contributed by atoms with Crippen LogP contribution < -0.4 is 10.6 Å². The van der Waals surface area contributed by atoms with Crippen LogP contribution in [-0.4, -0.2) is 30.5 Å². The number of carbonyl (C=O) groups is 1. The third-order valence-corrected chi connectivity index (χ3v) is 3.86. The van der Waals surface area contributed by atoms with Crippen molar-refractivity contribution >= 4 is 5.91 Å². The van der Waals surface area contributed by atoms with Crippen molar-refractivity contribution in [3.8, 4) is 0 Å². The van der Waals surface area contributed by atoms with E-state index in [2.05, 4.69) is 35.5 Å². The van der Waals surface area contributed by atoms with Gasteiger partial charge < -0.3 is 10.6 Å². The topological polar surface area (TPSA) is 54.0 Å². The monoisotopic (exact) mass is 261 g/mol. The highest BCUT2D eigenvalue weighted by atomic mass is 16.1. The van der Waals surface area contributed by atoms with Crippen molar-refractivity contribution in [2.75, 3.05) is 19.6 Å². The number of piperidine rings is 1. The summed E-state index contributed by atoms with van der Waals surface area (Å²) in [6.45, 7) is 6.81. The van der Waals surface area contributed by atoms with Crippen LogP contribution in [0.4, 0.5) is 0 Å².